The molecule has 0 aromatic carbocycles. The molecule has 0 saturated heterocycles. The number of carbonyl (C=O) groups excluding carboxylic acids is 1. The van der Waals surface area contributed by atoms with Crippen molar-refractivity contribution in [3.63, 3.8) is 0 Å². The van der Waals surface area contributed by atoms with Crippen LogP contribution in [0.1, 0.15) is 48.8 Å². The van der Waals surface area contributed by atoms with E-state index >= 15 is 0 Å². The van der Waals surface area contributed by atoms with E-state index < -0.39 is 5.97 Å². The van der Waals surface area contributed by atoms with E-state index in [0.29, 0.717) is 17.3 Å². The molecule has 21 heavy (non-hydrogen) atoms. The van der Waals surface area contributed by atoms with E-state index in [4.69, 9.17) is 5.11 Å². The molecule has 3 N–H and O–H groups in total. The van der Waals surface area contributed by atoms with Crippen LogP contribution in [0.5, 0.6) is 0 Å². The number of urea groups is 1. The molecule has 1 aliphatic rings. The maximum Gasteiger partial charge on any atom is 0.354 e. The predicted octanol–water partition coefficient (Wildman–Crippen LogP) is 3.06. The number of rotatable bonds is 3. The Balaban J connectivity index is 2.05. The molecule has 0 spiro atoms. The van der Waals surface area contributed by atoms with Crippen LogP contribution in [0.15, 0.2) is 6.07 Å². The van der Waals surface area contributed by atoms with Crippen molar-refractivity contribution >= 4 is 17.7 Å². The summed E-state index contributed by atoms with van der Waals surface area (Å²) in [6.07, 6.45) is 4.35. The van der Waals surface area contributed by atoms with Gasteiger partial charge in [0.1, 0.15) is 5.69 Å². The Hall–Kier alpha value is -1.98. The van der Waals surface area contributed by atoms with Gasteiger partial charge in [-0.05, 0) is 31.7 Å². The average Bonchev–Trinajstić information content (AvgIpc) is 2.79. The quantitative estimate of drug-likeness (QED) is 0.800. The number of carboxylic acids is 1. The van der Waals surface area contributed by atoms with E-state index in [1.54, 1.807) is 24.9 Å². The Morgan fingerprint density at radius 2 is 2.14 bits per heavy atom. The number of nitrogens with one attached hydrogen (secondary N) is 2. The first-order valence-electron chi connectivity index (χ1n) is 7.35. The summed E-state index contributed by atoms with van der Waals surface area (Å²) >= 11 is 0. The van der Waals surface area contributed by atoms with Crippen LogP contribution in [0.2, 0.25) is 0 Å². The largest absolute Gasteiger partial charge is 0.477 e. The molecule has 1 saturated carbocycles. The third kappa shape index (κ3) is 3.56. The van der Waals surface area contributed by atoms with Gasteiger partial charge in [-0.25, -0.2) is 9.59 Å². The lowest BCUT2D eigenvalue weighted by molar-refractivity contribution is 0.0692. The van der Waals surface area contributed by atoms with E-state index in [1.165, 1.54) is 6.42 Å². The molecule has 116 valence electrons. The molecule has 2 rings (SSSR count). The van der Waals surface area contributed by atoms with E-state index in [2.05, 4.69) is 17.2 Å². The summed E-state index contributed by atoms with van der Waals surface area (Å²) in [6.45, 7) is 3.96. The topological polar surface area (TPSA) is 85.4 Å². The number of aryl methyl sites for hydroxylation is 1. The normalized spacial score (nSPS) is 21.9. The van der Waals surface area contributed by atoms with Crippen LogP contribution in [-0.2, 0) is 0 Å². The number of aromatic carboxylic acids is 1. The Bertz CT molecular complexity index is 538. The Morgan fingerprint density at radius 3 is 2.76 bits per heavy atom. The number of anilines is 1. The molecule has 2 atom stereocenters. The predicted molar refractivity (Wildman–Crippen MR) is 80.7 cm³/mol. The van der Waals surface area contributed by atoms with E-state index in [9.17, 15) is 9.59 Å². The fraction of sp³-hybridized carbons (Fsp3) is 0.600. The first kappa shape index (κ1) is 15.4. The third-order valence-electron chi connectivity index (χ3n) is 4.18. The van der Waals surface area contributed by atoms with E-state index in [-0.39, 0.29) is 17.8 Å². The van der Waals surface area contributed by atoms with Crippen LogP contribution in [0.25, 0.3) is 0 Å². The molecular formula is C15H23N3O3. The van der Waals surface area contributed by atoms with Gasteiger partial charge >= 0.3 is 12.0 Å². The molecule has 1 heterocycles. The summed E-state index contributed by atoms with van der Waals surface area (Å²) in [4.78, 5) is 27.9. The van der Waals surface area contributed by atoms with Gasteiger partial charge in [-0.3, -0.25) is 0 Å². The monoisotopic (exact) mass is 293 g/mol. The van der Waals surface area contributed by atoms with Crippen LogP contribution >= 0.6 is 0 Å². The Labute approximate surface area is 124 Å². The second-order valence-electron chi connectivity index (χ2n) is 6.01. The first-order chi connectivity index (χ1) is 9.88. The molecule has 1 fully saturated rings. The lowest BCUT2D eigenvalue weighted by Gasteiger charge is -2.34. The number of carboxylic acid groups (broad SMARTS) is 1. The highest BCUT2D eigenvalue weighted by Gasteiger charge is 2.26. The van der Waals surface area contributed by atoms with Gasteiger partial charge in [0, 0.05) is 18.8 Å². The summed E-state index contributed by atoms with van der Waals surface area (Å²) in [5.41, 5.74) is 1.05. The summed E-state index contributed by atoms with van der Waals surface area (Å²) in [5, 5.41) is 11.8. The van der Waals surface area contributed by atoms with Gasteiger partial charge in [-0.1, -0.05) is 19.8 Å². The maximum atomic E-state index is 12.3. The van der Waals surface area contributed by atoms with Gasteiger partial charge in [0.05, 0.1) is 5.69 Å². The fourth-order valence-electron chi connectivity index (χ4n) is 2.98. The molecule has 1 aromatic heterocycles. The first-order valence-corrected chi connectivity index (χ1v) is 7.35. The fourth-order valence-corrected chi connectivity index (χ4v) is 2.98. The highest BCUT2D eigenvalue weighted by atomic mass is 16.4. The van der Waals surface area contributed by atoms with Crippen LogP contribution < -0.4 is 5.32 Å². The summed E-state index contributed by atoms with van der Waals surface area (Å²) in [6, 6.07) is 1.61. The Morgan fingerprint density at radius 1 is 1.43 bits per heavy atom. The minimum absolute atomic E-state index is 0.0197. The molecule has 0 aliphatic heterocycles. The summed E-state index contributed by atoms with van der Waals surface area (Å²) in [5.74, 6) is -0.449. The number of aromatic nitrogens is 1. The lowest BCUT2D eigenvalue weighted by atomic mass is 9.86. The molecule has 2 unspecified atom stereocenters. The molecule has 0 radical (unpaired) electrons. The van der Waals surface area contributed by atoms with Crippen molar-refractivity contribution < 1.29 is 14.7 Å². The van der Waals surface area contributed by atoms with Gasteiger partial charge < -0.3 is 20.3 Å². The van der Waals surface area contributed by atoms with Crippen LogP contribution in [-0.4, -0.2) is 40.1 Å². The van der Waals surface area contributed by atoms with Crippen molar-refractivity contribution in [3.8, 4) is 0 Å². The van der Waals surface area contributed by atoms with Gasteiger partial charge in [-0.15, -0.1) is 0 Å². The van der Waals surface area contributed by atoms with Gasteiger partial charge in [0.2, 0.25) is 0 Å². The zero-order valence-electron chi connectivity index (χ0n) is 12.8. The van der Waals surface area contributed by atoms with E-state index in [0.717, 1.165) is 19.3 Å². The second-order valence-corrected chi connectivity index (χ2v) is 6.01. The zero-order valence-corrected chi connectivity index (χ0v) is 12.8. The highest BCUT2D eigenvalue weighted by Crippen LogP contribution is 2.27. The maximum absolute atomic E-state index is 12.3. The van der Waals surface area contributed by atoms with Gasteiger partial charge in [0.15, 0.2) is 0 Å². The smallest absolute Gasteiger partial charge is 0.354 e. The number of carbonyl (C=O) groups is 2. The van der Waals surface area contributed by atoms with Crippen molar-refractivity contribution in [1.29, 1.82) is 0 Å². The van der Waals surface area contributed by atoms with Gasteiger partial charge in [-0.2, -0.15) is 0 Å². The number of amides is 2. The van der Waals surface area contributed by atoms with Crippen LogP contribution in [0, 0.1) is 12.8 Å². The second kappa shape index (κ2) is 6.20. The van der Waals surface area contributed by atoms with Crippen molar-refractivity contribution in [3.05, 3.63) is 17.5 Å². The SMILES string of the molecule is Cc1cc(NC(=O)N(C)C2CCCC(C)C2)c(C(=O)O)[nH]1. The van der Waals surface area contributed by atoms with Crippen LogP contribution in [0.3, 0.4) is 0 Å². The molecule has 0 bridgehead atoms. The van der Waals surface area contributed by atoms with Crippen molar-refractivity contribution in [1.82, 2.24) is 9.88 Å². The standard InChI is InChI=1S/C15H23N3O3/c1-9-5-4-6-11(7-9)18(3)15(21)17-12-8-10(2)16-13(12)14(19)20/h8-9,11,16H,4-7H2,1-3H3,(H,17,21)(H,19,20). The summed E-state index contributed by atoms with van der Waals surface area (Å²) in [7, 11) is 1.78. The van der Waals surface area contributed by atoms with Crippen molar-refractivity contribution in [2.45, 2.75) is 45.6 Å². The third-order valence-corrected chi connectivity index (χ3v) is 4.18. The number of aromatic amines is 1. The van der Waals surface area contributed by atoms with Crippen LogP contribution in [0.4, 0.5) is 10.5 Å². The minimum atomic E-state index is -1.08. The Kier molecular flexibility index (Phi) is 4.55. The van der Waals surface area contributed by atoms with Crippen molar-refractivity contribution in [2.24, 2.45) is 5.92 Å². The molecule has 1 aromatic rings. The highest BCUT2D eigenvalue weighted by molar-refractivity contribution is 5.99. The number of hydrogen-bond acceptors (Lipinski definition) is 2. The van der Waals surface area contributed by atoms with E-state index in [1.807, 2.05) is 0 Å². The summed E-state index contributed by atoms with van der Waals surface area (Å²) < 4.78 is 0. The van der Waals surface area contributed by atoms with Crippen molar-refractivity contribution in [2.75, 3.05) is 12.4 Å². The van der Waals surface area contributed by atoms with Gasteiger partial charge in [0.25, 0.3) is 0 Å². The number of hydrogen-bond donors (Lipinski definition) is 3. The number of H-pyrrole nitrogens is 1. The minimum Gasteiger partial charge on any atom is -0.477 e. The molecule has 2 amide bonds. The molecular weight excluding hydrogens is 270 g/mol. The molecule has 1 aliphatic carbocycles. The number of nitrogens with zero attached hydrogens (tertiary/aromatic N) is 1. The lowest BCUT2D eigenvalue weighted by Crippen LogP contribution is -2.42. The molecule has 6 nitrogen and oxygen atoms in total. The molecule has 6 heteroatoms. The average molecular weight is 293 g/mol. The zero-order chi connectivity index (χ0) is 15.6.